The zero-order chi connectivity index (χ0) is 38.9. The molecule has 0 heterocycles. The van der Waals surface area contributed by atoms with E-state index in [1.54, 1.807) is 58.0 Å². The van der Waals surface area contributed by atoms with E-state index in [9.17, 15) is 24.1 Å². The maximum atomic E-state index is 14.5. The minimum absolute atomic E-state index is 0.0409. The highest BCUT2D eigenvalue weighted by molar-refractivity contribution is 7.52. The standard InChI is InChI=1S/C37H64N3O11P/c1-8-10-12-14-16-21-25-46-36(43)48-33(28(3)4)50-52(45,39-35(38)40(7)31(32(41)42)27-30-23-19-18-20-24-30)51-34(29(5)6)49-37(44)47-26-22-17-15-13-11-9-2/h18-20,23-24,28-29,31,33-34H,8-17,21-22,25-27H2,1-7H3,(H,41,42)(H2,38,39,45). The van der Waals surface area contributed by atoms with Crippen LogP contribution in [0.1, 0.15) is 124 Å². The number of rotatable bonds is 27. The number of carboxylic acids is 1. The summed E-state index contributed by atoms with van der Waals surface area (Å²) in [7, 11) is -3.47. The molecule has 0 bridgehead atoms. The van der Waals surface area contributed by atoms with Crippen LogP contribution in [0, 0.1) is 11.8 Å². The molecule has 0 spiro atoms. The Morgan fingerprint density at radius 3 is 1.58 bits per heavy atom. The highest BCUT2D eigenvalue weighted by Crippen LogP contribution is 2.54. The minimum atomic E-state index is -4.85. The molecule has 3 unspecified atom stereocenters. The van der Waals surface area contributed by atoms with Crippen molar-refractivity contribution in [3.63, 3.8) is 0 Å². The number of carboxylic acid groups (broad SMARTS) is 1. The molecule has 0 aromatic heterocycles. The SMILES string of the molecule is CCCCCCCCOC(=O)OC(OP(=O)(N=C(N)N(C)C(Cc1ccccc1)C(=O)O)OC(OC(=O)OCCCCCCCC)C(C)C)C(C)C. The molecule has 14 nitrogen and oxygen atoms in total. The average Bonchev–Trinajstić information content (AvgIpc) is 3.09. The molecular weight excluding hydrogens is 693 g/mol. The Bertz CT molecular complexity index is 1180. The molecule has 0 radical (unpaired) electrons. The quantitative estimate of drug-likeness (QED) is 0.0216. The highest BCUT2D eigenvalue weighted by Gasteiger charge is 2.40. The van der Waals surface area contributed by atoms with Crippen LogP contribution in [0.15, 0.2) is 35.1 Å². The van der Waals surface area contributed by atoms with Crippen molar-refractivity contribution in [2.45, 2.75) is 144 Å². The van der Waals surface area contributed by atoms with Crippen molar-refractivity contribution in [3.8, 4) is 0 Å². The van der Waals surface area contributed by atoms with E-state index in [0.29, 0.717) is 18.4 Å². The Morgan fingerprint density at radius 2 is 1.17 bits per heavy atom. The lowest BCUT2D eigenvalue weighted by atomic mass is 10.1. The Morgan fingerprint density at radius 1 is 0.750 bits per heavy atom. The van der Waals surface area contributed by atoms with Gasteiger partial charge in [-0.1, -0.05) is 136 Å². The summed E-state index contributed by atoms with van der Waals surface area (Å²) >= 11 is 0. The summed E-state index contributed by atoms with van der Waals surface area (Å²) < 4.78 is 51.3. The van der Waals surface area contributed by atoms with Crippen molar-refractivity contribution < 1.29 is 52.1 Å². The first-order valence-corrected chi connectivity index (χ1v) is 20.2. The second-order valence-corrected chi connectivity index (χ2v) is 15.0. The molecular formula is C37H64N3O11P. The number of nitrogens with zero attached hydrogens (tertiary/aromatic N) is 2. The van der Waals surface area contributed by atoms with E-state index in [4.69, 9.17) is 33.7 Å². The molecule has 298 valence electrons. The topological polar surface area (TPSA) is 186 Å². The maximum absolute atomic E-state index is 14.5. The van der Waals surface area contributed by atoms with E-state index in [1.807, 2.05) is 0 Å². The summed E-state index contributed by atoms with van der Waals surface area (Å²) in [5, 5.41) is 10.0. The fourth-order valence-electron chi connectivity index (χ4n) is 4.81. The lowest BCUT2D eigenvalue weighted by Crippen LogP contribution is -2.47. The first-order chi connectivity index (χ1) is 24.7. The molecule has 0 saturated carbocycles. The first kappa shape index (κ1) is 46.7. The largest absolute Gasteiger partial charge is 0.510 e. The van der Waals surface area contributed by atoms with Crippen LogP contribution in [-0.2, 0) is 43.8 Å². The number of benzene rings is 1. The van der Waals surface area contributed by atoms with Gasteiger partial charge in [0, 0.05) is 25.3 Å². The second-order valence-electron chi connectivity index (χ2n) is 13.5. The zero-order valence-electron chi connectivity index (χ0n) is 32.3. The monoisotopic (exact) mass is 757 g/mol. The Hall–Kier alpha value is -3.35. The van der Waals surface area contributed by atoms with Crippen LogP contribution in [0.2, 0.25) is 0 Å². The molecule has 52 heavy (non-hydrogen) atoms. The highest BCUT2D eigenvalue weighted by atomic mass is 31.2. The molecule has 3 N–H and O–H groups in total. The summed E-state index contributed by atoms with van der Waals surface area (Å²) in [6, 6.07) is 7.66. The number of guanidine groups is 1. The number of hydrogen-bond donors (Lipinski definition) is 2. The van der Waals surface area contributed by atoms with Gasteiger partial charge < -0.3 is 34.7 Å². The number of hydrogen-bond acceptors (Lipinski definition) is 10. The molecule has 0 aliphatic rings. The molecule has 1 aromatic rings. The fraction of sp³-hybridized carbons (Fsp3) is 0.730. The lowest BCUT2D eigenvalue weighted by Gasteiger charge is -2.30. The molecule has 15 heteroatoms. The molecule has 1 aromatic carbocycles. The van der Waals surface area contributed by atoms with Crippen molar-refractivity contribution in [2.24, 2.45) is 22.3 Å². The van der Waals surface area contributed by atoms with Gasteiger partial charge in [-0.3, -0.25) is 0 Å². The van der Waals surface area contributed by atoms with E-state index in [-0.39, 0.29) is 19.6 Å². The van der Waals surface area contributed by atoms with Gasteiger partial charge in [0.2, 0.25) is 18.5 Å². The van der Waals surface area contributed by atoms with Gasteiger partial charge >= 0.3 is 26.0 Å². The Labute approximate surface area is 310 Å². The lowest BCUT2D eigenvalue weighted by molar-refractivity contribution is -0.141. The number of carbonyl (C=O) groups is 3. The van der Waals surface area contributed by atoms with E-state index in [1.165, 1.54) is 7.05 Å². The van der Waals surface area contributed by atoms with Crippen LogP contribution in [-0.4, -0.2) is 73.1 Å². The van der Waals surface area contributed by atoms with E-state index >= 15 is 0 Å². The second kappa shape index (κ2) is 26.4. The van der Waals surface area contributed by atoms with Gasteiger partial charge in [-0.05, 0) is 18.4 Å². The van der Waals surface area contributed by atoms with Crippen LogP contribution >= 0.6 is 7.75 Å². The van der Waals surface area contributed by atoms with E-state index in [2.05, 4.69) is 18.6 Å². The number of nitrogens with two attached hydrogens (primary N) is 1. The summed E-state index contributed by atoms with van der Waals surface area (Å²) in [6.07, 6.45) is 6.84. The third-order valence-corrected chi connectivity index (χ3v) is 9.43. The van der Waals surface area contributed by atoms with Crippen LogP contribution in [0.4, 0.5) is 9.59 Å². The number of unbranched alkanes of at least 4 members (excludes halogenated alkanes) is 10. The first-order valence-electron chi connectivity index (χ1n) is 18.7. The van der Waals surface area contributed by atoms with Gasteiger partial charge in [-0.15, -0.1) is 4.76 Å². The number of likely N-dealkylation sites (N-methyl/N-ethyl adjacent to an activating group) is 1. The number of aliphatic carboxylic acids is 1. The van der Waals surface area contributed by atoms with Crippen molar-refractivity contribution in [2.75, 3.05) is 20.3 Å². The summed E-state index contributed by atoms with van der Waals surface area (Å²) in [5.74, 6) is -2.89. The normalized spacial score (nSPS) is 14.7. The van der Waals surface area contributed by atoms with Crippen molar-refractivity contribution in [3.05, 3.63) is 35.9 Å². The van der Waals surface area contributed by atoms with Gasteiger partial charge in [0.05, 0.1) is 13.2 Å². The number of ether oxygens (including phenoxy) is 4. The molecule has 0 aliphatic heterocycles. The third-order valence-electron chi connectivity index (χ3n) is 8.03. The van der Waals surface area contributed by atoms with Gasteiger partial charge in [-0.2, -0.15) is 0 Å². The summed E-state index contributed by atoms with van der Waals surface area (Å²) in [6.45, 7) is 11.1. The molecule has 1 rings (SSSR count). The molecule has 0 aliphatic carbocycles. The van der Waals surface area contributed by atoms with Crippen molar-refractivity contribution in [1.82, 2.24) is 4.90 Å². The fourth-order valence-corrected chi connectivity index (χ4v) is 6.44. The average molecular weight is 758 g/mol. The number of carbonyl (C=O) groups excluding carboxylic acids is 2. The maximum Gasteiger partial charge on any atom is 0.510 e. The van der Waals surface area contributed by atoms with Gasteiger partial charge in [0.15, 0.2) is 0 Å². The molecule has 0 fully saturated rings. The predicted molar refractivity (Wildman–Crippen MR) is 200 cm³/mol. The van der Waals surface area contributed by atoms with Gasteiger partial charge in [0.1, 0.15) is 6.04 Å². The molecule has 3 atom stereocenters. The Balaban J connectivity index is 3.24. The Kier molecular flexibility index (Phi) is 23.7. The van der Waals surface area contributed by atoms with Gasteiger partial charge in [-0.25, -0.2) is 28.0 Å². The smallest absolute Gasteiger partial charge is 0.480 e. The summed E-state index contributed by atoms with van der Waals surface area (Å²) in [5.41, 5.74) is 6.98. The van der Waals surface area contributed by atoms with Crippen molar-refractivity contribution >= 4 is 32.0 Å². The molecule has 0 saturated heterocycles. The van der Waals surface area contributed by atoms with Crippen molar-refractivity contribution in [1.29, 1.82) is 0 Å². The van der Waals surface area contributed by atoms with Gasteiger partial charge in [0.25, 0.3) is 0 Å². The minimum Gasteiger partial charge on any atom is -0.480 e. The van der Waals surface area contributed by atoms with Crippen LogP contribution in [0.5, 0.6) is 0 Å². The van der Waals surface area contributed by atoms with Crippen LogP contribution in [0.3, 0.4) is 0 Å². The van der Waals surface area contributed by atoms with Crippen LogP contribution < -0.4 is 5.73 Å². The summed E-state index contributed by atoms with van der Waals surface area (Å²) in [4.78, 5) is 38.7. The van der Waals surface area contributed by atoms with E-state index in [0.717, 1.165) is 69.1 Å². The van der Waals surface area contributed by atoms with Crippen LogP contribution in [0.25, 0.3) is 0 Å². The third kappa shape index (κ3) is 20.0. The predicted octanol–water partition coefficient (Wildman–Crippen LogP) is 9.06. The molecule has 0 amide bonds. The zero-order valence-corrected chi connectivity index (χ0v) is 33.2. The van der Waals surface area contributed by atoms with E-state index < -0.39 is 62.4 Å².